The summed E-state index contributed by atoms with van der Waals surface area (Å²) in [6, 6.07) is 17.8. The smallest absolute Gasteiger partial charge is 0.338 e. The number of rotatable bonds is 6. The number of esters is 2. The van der Waals surface area contributed by atoms with Crippen LogP contribution in [0.2, 0.25) is 0 Å². The molecule has 2 bridgehead atoms. The van der Waals surface area contributed by atoms with Gasteiger partial charge in [-0.2, -0.15) is 0 Å². The standard InChI is InChI=1S/C32H38O9/c1-19(33)39-26-22(34)18-30(4,37)32-25(35)23(29(2,3)41-32)24(38-17-16-20-12-8-6-9-13-20)27(31(26,32)5)40-28(36)21-14-10-7-11-15-21/h6-17,22-27,34-35,37H,18H2,1-5H3/t22-,23+,24-,25+,26-,27-,30-,31-,32-/m0/s1. The first kappa shape index (κ1) is 29.3. The fraction of sp³-hybridized carbons (Fsp3) is 0.500. The maximum Gasteiger partial charge on any atom is 0.338 e. The second kappa shape index (κ2) is 10.2. The molecule has 9 nitrogen and oxygen atoms in total. The quantitative estimate of drug-likeness (QED) is 0.356. The second-order valence-electron chi connectivity index (χ2n) is 12.3. The van der Waals surface area contributed by atoms with Gasteiger partial charge in [-0.15, -0.1) is 0 Å². The summed E-state index contributed by atoms with van der Waals surface area (Å²) in [5.41, 5.74) is -5.25. The molecular weight excluding hydrogens is 528 g/mol. The van der Waals surface area contributed by atoms with Gasteiger partial charge in [0.2, 0.25) is 0 Å². The van der Waals surface area contributed by atoms with Gasteiger partial charge in [0, 0.05) is 13.3 Å². The highest BCUT2D eigenvalue weighted by molar-refractivity contribution is 5.89. The van der Waals surface area contributed by atoms with Crippen LogP contribution in [-0.2, 0) is 23.7 Å². The zero-order valence-electron chi connectivity index (χ0n) is 23.9. The number of hydrogen-bond acceptors (Lipinski definition) is 9. The predicted octanol–water partition coefficient (Wildman–Crippen LogP) is 3.26. The maximum atomic E-state index is 13.6. The normalized spacial score (nSPS) is 39.1. The van der Waals surface area contributed by atoms with E-state index in [2.05, 4.69) is 0 Å². The van der Waals surface area contributed by atoms with E-state index in [4.69, 9.17) is 18.9 Å². The highest BCUT2D eigenvalue weighted by atomic mass is 16.6. The monoisotopic (exact) mass is 566 g/mol. The summed E-state index contributed by atoms with van der Waals surface area (Å²) >= 11 is 0. The number of aliphatic hydroxyl groups is 3. The number of carbonyl (C=O) groups excluding carboxylic acids is 2. The zero-order chi connectivity index (χ0) is 29.8. The van der Waals surface area contributed by atoms with Crippen LogP contribution in [-0.4, -0.2) is 74.6 Å². The highest BCUT2D eigenvalue weighted by Crippen LogP contribution is 2.68. The molecule has 220 valence electrons. The predicted molar refractivity (Wildman–Crippen MR) is 148 cm³/mol. The minimum absolute atomic E-state index is 0.251. The van der Waals surface area contributed by atoms with Crippen molar-refractivity contribution in [2.24, 2.45) is 11.3 Å². The van der Waals surface area contributed by atoms with Crippen LogP contribution >= 0.6 is 0 Å². The molecule has 2 aromatic carbocycles. The first-order valence-electron chi connectivity index (χ1n) is 13.9. The number of benzene rings is 2. The van der Waals surface area contributed by atoms with E-state index in [1.807, 2.05) is 30.3 Å². The summed E-state index contributed by atoms with van der Waals surface area (Å²) in [4.78, 5) is 25.9. The lowest BCUT2D eigenvalue weighted by molar-refractivity contribution is -0.350. The van der Waals surface area contributed by atoms with Gasteiger partial charge >= 0.3 is 11.9 Å². The summed E-state index contributed by atoms with van der Waals surface area (Å²) < 4.78 is 25.0. The van der Waals surface area contributed by atoms with Crippen molar-refractivity contribution in [3.8, 4) is 0 Å². The van der Waals surface area contributed by atoms with E-state index in [9.17, 15) is 24.9 Å². The van der Waals surface area contributed by atoms with Gasteiger partial charge in [-0.1, -0.05) is 48.5 Å². The summed E-state index contributed by atoms with van der Waals surface area (Å²) in [7, 11) is 0. The molecule has 1 aliphatic heterocycles. The zero-order valence-corrected chi connectivity index (χ0v) is 23.9. The molecule has 2 aliphatic carbocycles. The SMILES string of the molecule is CC(=O)O[C@H]1[C@@H](O)C[C@](C)(O)[C@]23OC(C)(C)[C@H]([C@H](OC=Cc4ccccc4)[C@H](OC(=O)c4ccccc4)[C@]12C)[C@H]3O. The summed E-state index contributed by atoms with van der Waals surface area (Å²) in [6.45, 7) is 7.84. The van der Waals surface area contributed by atoms with Crippen LogP contribution in [0.4, 0.5) is 0 Å². The van der Waals surface area contributed by atoms with Gasteiger partial charge in [-0.05, 0) is 51.5 Å². The largest absolute Gasteiger partial charge is 0.494 e. The van der Waals surface area contributed by atoms with E-state index < -0.39 is 70.6 Å². The van der Waals surface area contributed by atoms with Gasteiger partial charge < -0.3 is 34.3 Å². The maximum absolute atomic E-state index is 13.6. The molecule has 1 saturated heterocycles. The minimum Gasteiger partial charge on any atom is -0.494 e. The molecule has 2 saturated carbocycles. The van der Waals surface area contributed by atoms with Crippen molar-refractivity contribution in [2.45, 2.75) is 88.4 Å². The van der Waals surface area contributed by atoms with Gasteiger partial charge in [0.15, 0.2) is 6.10 Å². The Kier molecular flexibility index (Phi) is 7.31. The van der Waals surface area contributed by atoms with Gasteiger partial charge in [0.25, 0.3) is 0 Å². The number of aliphatic hydroxyl groups excluding tert-OH is 2. The fourth-order valence-corrected chi connectivity index (χ4v) is 7.62. The second-order valence-corrected chi connectivity index (χ2v) is 12.3. The molecule has 9 heteroatoms. The lowest BCUT2D eigenvalue weighted by atomic mass is 9.46. The Hall–Kier alpha value is -3.24. The van der Waals surface area contributed by atoms with Gasteiger partial charge in [-0.3, -0.25) is 4.79 Å². The molecule has 0 aromatic heterocycles. The Morgan fingerprint density at radius 3 is 2.15 bits per heavy atom. The van der Waals surface area contributed by atoms with Crippen LogP contribution in [0.1, 0.15) is 57.0 Å². The Balaban J connectivity index is 1.69. The number of fused-ring (bicyclic) bond motifs is 1. The van der Waals surface area contributed by atoms with Gasteiger partial charge in [0.05, 0.1) is 46.6 Å². The van der Waals surface area contributed by atoms with Crippen molar-refractivity contribution in [1.29, 1.82) is 0 Å². The Morgan fingerprint density at radius 2 is 1.54 bits per heavy atom. The summed E-state index contributed by atoms with van der Waals surface area (Å²) in [5.74, 6) is -2.15. The van der Waals surface area contributed by atoms with E-state index in [1.165, 1.54) is 20.1 Å². The molecule has 5 rings (SSSR count). The Bertz CT molecular complexity index is 1310. The molecule has 3 N–H and O–H groups in total. The van der Waals surface area contributed by atoms with Crippen LogP contribution in [0.15, 0.2) is 66.9 Å². The summed E-state index contributed by atoms with van der Waals surface area (Å²) in [6.07, 6.45) is -3.32. The van der Waals surface area contributed by atoms with Crippen LogP contribution in [0.25, 0.3) is 6.08 Å². The van der Waals surface area contributed by atoms with Crippen LogP contribution < -0.4 is 0 Å². The number of hydrogen-bond donors (Lipinski definition) is 3. The molecule has 1 spiro atoms. The van der Waals surface area contributed by atoms with E-state index >= 15 is 0 Å². The Morgan fingerprint density at radius 1 is 0.927 bits per heavy atom. The molecule has 9 atom stereocenters. The average Bonchev–Trinajstić information content (AvgIpc) is 3.10. The van der Waals surface area contributed by atoms with Crippen molar-refractivity contribution in [1.82, 2.24) is 0 Å². The van der Waals surface area contributed by atoms with Gasteiger partial charge in [0.1, 0.15) is 17.8 Å². The van der Waals surface area contributed by atoms with E-state index in [1.54, 1.807) is 57.2 Å². The molecule has 3 fully saturated rings. The van der Waals surface area contributed by atoms with E-state index in [0.717, 1.165) is 5.56 Å². The van der Waals surface area contributed by atoms with Crippen molar-refractivity contribution >= 4 is 18.0 Å². The third kappa shape index (κ3) is 4.46. The topological polar surface area (TPSA) is 132 Å². The first-order valence-corrected chi connectivity index (χ1v) is 13.9. The Labute approximate surface area is 239 Å². The third-order valence-electron chi connectivity index (χ3n) is 9.21. The highest BCUT2D eigenvalue weighted by Gasteiger charge is 2.85. The van der Waals surface area contributed by atoms with E-state index in [-0.39, 0.29) is 12.0 Å². The van der Waals surface area contributed by atoms with Crippen LogP contribution in [0.3, 0.4) is 0 Å². The van der Waals surface area contributed by atoms with E-state index in [0.29, 0.717) is 0 Å². The average molecular weight is 567 g/mol. The van der Waals surface area contributed by atoms with Crippen LogP contribution in [0.5, 0.6) is 0 Å². The number of ether oxygens (including phenoxy) is 4. The summed E-state index contributed by atoms with van der Waals surface area (Å²) in [5, 5.41) is 35.3. The lowest BCUT2D eigenvalue weighted by Gasteiger charge is -2.65. The molecule has 3 aliphatic rings. The number of carbonyl (C=O) groups is 2. The minimum atomic E-state index is -1.81. The first-order chi connectivity index (χ1) is 19.3. The van der Waals surface area contributed by atoms with Gasteiger partial charge in [-0.25, -0.2) is 4.79 Å². The van der Waals surface area contributed by atoms with Crippen LogP contribution in [0, 0.1) is 11.3 Å². The fourth-order valence-electron chi connectivity index (χ4n) is 7.62. The lowest BCUT2D eigenvalue weighted by Crippen LogP contribution is -2.83. The molecule has 0 radical (unpaired) electrons. The molecule has 0 unspecified atom stereocenters. The molecule has 1 heterocycles. The molecule has 2 aromatic rings. The van der Waals surface area contributed by atoms with Crippen molar-refractivity contribution in [2.75, 3.05) is 0 Å². The van der Waals surface area contributed by atoms with Crippen molar-refractivity contribution in [3.05, 3.63) is 78.1 Å². The molecule has 41 heavy (non-hydrogen) atoms. The third-order valence-corrected chi connectivity index (χ3v) is 9.21. The molecule has 0 amide bonds. The molecular formula is C32H38O9. The van der Waals surface area contributed by atoms with Crippen molar-refractivity contribution < 1.29 is 43.9 Å². The van der Waals surface area contributed by atoms with Crippen molar-refractivity contribution in [3.63, 3.8) is 0 Å².